The molecule has 7 heteroatoms. The molecule has 0 aliphatic carbocycles. The fraction of sp³-hybridized carbons (Fsp3) is 0.417. The van der Waals surface area contributed by atoms with Crippen molar-refractivity contribution in [1.82, 2.24) is 4.98 Å². The van der Waals surface area contributed by atoms with Gasteiger partial charge < -0.3 is 15.7 Å². The molecule has 1 aromatic heterocycles. The van der Waals surface area contributed by atoms with Crippen molar-refractivity contribution in [2.75, 3.05) is 17.7 Å². The first-order valence-corrected chi connectivity index (χ1v) is 6.84. The van der Waals surface area contributed by atoms with Gasteiger partial charge in [0.1, 0.15) is 0 Å². The van der Waals surface area contributed by atoms with Gasteiger partial charge in [-0.25, -0.2) is 0 Å². The van der Waals surface area contributed by atoms with E-state index in [1.807, 2.05) is 0 Å². The van der Waals surface area contributed by atoms with Crippen molar-refractivity contribution in [2.24, 2.45) is 5.73 Å². The number of aromatic nitrogens is 1. The maximum Gasteiger partial charge on any atom is 0.305 e. The summed E-state index contributed by atoms with van der Waals surface area (Å²) in [6.07, 6.45) is 1.90. The Bertz CT molecular complexity index is 521. The Morgan fingerprint density at radius 1 is 1.68 bits per heavy atom. The second-order valence-corrected chi connectivity index (χ2v) is 5.47. The topological polar surface area (TPSA) is 96.5 Å². The molecule has 1 aliphatic heterocycles. The van der Waals surface area contributed by atoms with Crippen molar-refractivity contribution in [2.45, 2.75) is 23.8 Å². The Hall–Kier alpha value is -1.60. The molecule has 2 heterocycles. The molecule has 1 unspecified atom stereocenters. The second-order valence-electron chi connectivity index (χ2n) is 4.33. The summed E-state index contributed by atoms with van der Waals surface area (Å²) in [6.45, 7) is 0. The van der Waals surface area contributed by atoms with E-state index in [2.05, 4.69) is 4.98 Å². The van der Waals surface area contributed by atoms with Gasteiger partial charge in [0, 0.05) is 24.1 Å². The van der Waals surface area contributed by atoms with Crippen LogP contribution in [0, 0.1) is 0 Å². The van der Waals surface area contributed by atoms with E-state index in [9.17, 15) is 9.59 Å². The van der Waals surface area contributed by atoms with Crippen LogP contribution in [0.5, 0.6) is 0 Å². The van der Waals surface area contributed by atoms with Gasteiger partial charge in [0.15, 0.2) is 0 Å². The molecule has 1 atom stereocenters. The van der Waals surface area contributed by atoms with Crippen molar-refractivity contribution in [3.63, 3.8) is 0 Å². The first kappa shape index (κ1) is 13.8. The molecule has 1 aromatic rings. The van der Waals surface area contributed by atoms with E-state index in [0.29, 0.717) is 17.9 Å². The number of thioether (sulfide) groups is 1. The summed E-state index contributed by atoms with van der Waals surface area (Å²) >= 11 is 1.56. The van der Waals surface area contributed by atoms with Crippen LogP contribution in [-0.4, -0.2) is 34.8 Å². The van der Waals surface area contributed by atoms with Gasteiger partial charge in [-0.1, -0.05) is 0 Å². The van der Waals surface area contributed by atoms with Gasteiger partial charge in [-0.3, -0.25) is 14.6 Å². The van der Waals surface area contributed by atoms with Crippen LogP contribution in [0.1, 0.15) is 24.6 Å². The van der Waals surface area contributed by atoms with E-state index in [-0.39, 0.29) is 12.3 Å². The molecule has 0 fully saturated rings. The summed E-state index contributed by atoms with van der Waals surface area (Å²) in [6, 6.07) is 1.15. The van der Waals surface area contributed by atoms with Crippen LogP contribution in [0.2, 0.25) is 0 Å². The Morgan fingerprint density at radius 3 is 3.11 bits per heavy atom. The van der Waals surface area contributed by atoms with Crippen LogP contribution in [0.3, 0.4) is 0 Å². The lowest BCUT2D eigenvalue weighted by molar-refractivity contribution is -0.137. The van der Waals surface area contributed by atoms with E-state index in [0.717, 1.165) is 10.6 Å². The first-order chi connectivity index (χ1) is 8.99. The minimum Gasteiger partial charge on any atom is -0.481 e. The summed E-state index contributed by atoms with van der Waals surface area (Å²) in [7, 11) is 1.71. The number of nitrogens with two attached hydrogens (primary N) is 1. The molecule has 6 nitrogen and oxygen atoms in total. The van der Waals surface area contributed by atoms with E-state index in [1.165, 1.54) is 0 Å². The van der Waals surface area contributed by atoms with Crippen LogP contribution in [-0.2, 0) is 9.59 Å². The minimum atomic E-state index is -0.954. The Morgan fingerprint density at radius 2 is 2.42 bits per heavy atom. The number of carboxylic acids is 1. The van der Waals surface area contributed by atoms with Crippen molar-refractivity contribution < 1.29 is 14.7 Å². The molecular weight excluding hydrogens is 266 g/mol. The highest BCUT2D eigenvalue weighted by Crippen LogP contribution is 2.34. The molecule has 2 rings (SSSR count). The highest BCUT2D eigenvalue weighted by Gasteiger charge is 2.21. The number of anilines is 1. The molecular formula is C12H15N3O3S. The molecule has 19 heavy (non-hydrogen) atoms. The summed E-state index contributed by atoms with van der Waals surface area (Å²) in [4.78, 5) is 29.0. The number of nitrogens with zero attached hydrogens (tertiary/aromatic N) is 2. The molecule has 0 radical (unpaired) electrons. The van der Waals surface area contributed by atoms with Crippen LogP contribution in [0.4, 0.5) is 5.69 Å². The molecule has 1 aliphatic rings. The van der Waals surface area contributed by atoms with E-state index in [4.69, 9.17) is 10.8 Å². The van der Waals surface area contributed by atoms with Crippen LogP contribution in [0.15, 0.2) is 17.2 Å². The zero-order valence-corrected chi connectivity index (χ0v) is 11.3. The number of fused-ring (bicyclic) bond motifs is 1. The Labute approximate surface area is 115 Å². The normalized spacial score (nSPS) is 16.7. The highest BCUT2D eigenvalue weighted by atomic mass is 32.2. The lowest BCUT2D eigenvalue weighted by Crippen LogP contribution is -2.25. The maximum atomic E-state index is 11.7. The van der Waals surface area contributed by atoms with Gasteiger partial charge in [-0.2, -0.15) is 0 Å². The van der Waals surface area contributed by atoms with Crippen molar-refractivity contribution in [3.05, 3.63) is 18.0 Å². The number of carboxylic acid groups (broad SMARTS) is 1. The Kier molecular flexibility index (Phi) is 4.06. The lowest BCUT2D eigenvalue weighted by Gasteiger charge is -2.18. The molecule has 0 aromatic carbocycles. The number of carbonyl (C=O) groups is 2. The number of rotatable bonds is 3. The van der Waals surface area contributed by atoms with E-state index >= 15 is 0 Å². The summed E-state index contributed by atoms with van der Waals surface area (Å²) in [5.41, 5.74) is 7.08. The van der Waals surface area contributed by atoms with E-state index in [1.54, 1.807) is 36.0 Å². The molecule has 0 bridgehead atoms. The third kappa shape index (κ3) is 3.05. The van der Waals surface area contributed by atoms with Crippen molar-refractivity contribution in [1.29, 1.82) is 0 Å². The predicted octanol–water partition coefficient (Wildman–Crippen LogP) is 1.01. The van der Waals surface area contributed by atoms with Crippen molar-refractivity contribution >= 4 is 29.3 Å². The number of carbonyl (C=O) groups excluding carboxylic acids is 1. The number of pyridine rings is 1. The first-order valence-electron chi connectivity index (χ1n) is 5.85. The predicted molar refractivity (Wildman–Crippen MR) is 72.2 cm³/mol. The number of aliphatic carboxylic acids is 1. The smallest absolute Gasteiger partial charge is 0.305 e. The monoisotopic (exact) mass is 281 g/mol. The summed E-state index contributed by atoms with van der Waals surface area (Å²) < 4.78 is 0. The SMILES string of the molecule is CN1C(=O)CCSc2cc(C(N)CC(=O)O)ncc21. The van der Waals surface area contributed by atoms with E-state index < -0.39 is 12.0 Å². The van der Waals surface area contributed by atoms with Crippen LogP contribution < -0.4 is 10.6 Å². The number of hydrogen-bond donors (Lipinski definition) is 2. The summed E-state index contributed by atoms with van der Waals surface area (Å²) in [5.74, 6) is -0.201. The fourth-order valence-electron chi connectivity index (χ4n) is 1.86. The van der Waals surface area contributed by atoms with Gasteiger partial charge in [-0.05, 0) is 6.07 Å². The second kappa shape index (κ2) is 5.58. The zero-order chi connectivity index (χ0) is 14.0. The van der Waals surface area contributed by atoms with Gasteiger partial charge >= 0.3 is 5.97 Å². The Balaban J connectivity index is 2.30. The van der Waals surface area contributed by atoms with Gasteiger partial charge in [0.25, 0.3) is 0 Å². The third-order valence-corrected chi connectivity index (χ3v) is 4.00. The minimum absolute atomic E-state index is 0.0515. The van der Waals surface area contributed by atoms with Gasteiger partial charge in [0.2, 0.25) is 5.91 Å². The van der Waals surface area contributed by atoms with Crippen LogP contribution in [0.25, 0.3) is 0 Å². The lowest BCUT2D eigenvalue weighted by atomic mass is 10.1. The fourth-order valence-corrected chi connectivity index (χ4v) is 2.90. The van der Waals surface area contributed by atoms with Crippen LogP contribution >= 0.6 is 11.8 Å². The molecule has 1 amide bonds. The van der Waals surface area contributed by atoms with Crippen molar-refractivity contribution in [3.8, 4) is 0 Å². The zero-order valence-electron chi connectivity index (χ0n) is 10.5. The average molecular weight is 281 g/mol. The quantitative estimate of drug-likeness (QED) is 0.858. The largest absolute Gasteiger partial charge is 0.481 e. The standard InChI is InChI=1S/C12H15N3O3S/c1-15-9-6-14-8(7(13)4-12(17)18)5-10(9)19-3-2-11(15)16/h5-7H,2-4,13H2,1H3,(H,17,18). The molecule has 0 saturated carbocycles. The average Bonchev–Trinajstić information content (AvgIpc) is 2.49. The van der Waals surface area contributed by atoms with Gasteiger partial charge in [-0.15, -0.1) is 11.8 Å². The molecule has 0 spiro atoms. The maximum absolute atomic E-state index is 11.7. The molecule has 102 valence electrons. The number of amides is 1. The number of hydrogen-bond acceptors (Lipinski definition) is 5. The summed E-state index contributed by atoms with van der Waals surface area (Å²) in [5, 5.41) is 8.74. The molecule has 3 N–H and O–H groups in total. The highest BCUT2D eigenvalue weighted by molar-refractivity contribution is 7.99. The van der Waals surface area contributed by atoms with Gasteiger partial charge in [0.05, 0.1) is 30.0 Å². The molecule has 0 saturated heterocycles. The third-order valence-electron chi connectivity index (χ3n) is 2.95.